The maximum Gasteiger partial charge on any atom is 0.328 e. The van der Waals surface area contributed by atoms with Crippen molar-refractivity contribution in [3.8, 4) is 0 Å². The van der Waals surface area contributed by atoms with E-state index in [1.165, 1.54) is 11.6 Å². The minimum Gasteiger partial charge on any atom is -0.478 e. The summed E-state index contributed by atoms with van der Waals surface area (Å²) in [4.78, 5) is 10.5. The van der Waals surface area contributed by atoms with Gasteiger partial charge in [0.1, 0.15) is 11.7 Å². The van der Waals surface area contributed by atoms with Gasteiger partial charge in [0.05, 0.1) is 6.10 Å². The van der Waals surface area contributed by atoms with E-state index < -0.39 is 11.6 Å². The van der Waals surface area contributed by atoms with Crippen LogP contribution in [0.25, 0.3) is 0 Å². The van der Waals surface area contributed by atoms with E-state index in [2.05, 4.69) is 19.1 Å². The quantitative estimate of drug-likeness (QED) is 0.294. The Labute approximate surface area is 173 Å². The molecule has 2 fully saturated rings. The molecule has 2 aliphatic carbocycles. The Balaban J connectivity index is 1.84. The number of carboxylic acids is 1. The first-order chi connectivity index (χ1) is 13.8. The van der Waals surface area contributed by atoms with Crippen LogP contribution >= 0.6 is 0 Å². The molecule has 1 heterocycles. The molecular formula is C25H32O4. The molecule has 0 unspecified atom stereocenters. The van der Waals surface area contributed by atoms with Crippen LogP contribution in [-0.4, -0.2) is 34.0 Å². The van der Waals surface area contributed by atoms with Crippen LogP contribution in [0, 0.1) is 17.8 Å². The second-order valence-electron chi connectivity index (χ2n) is 8.51. The predicted molar refractivity (Wildman–Crippen MR) is 115 cm³/mol. The van der Waals surface area contributed by atoms with Gasteiger partial charge in [0, 0.05) is 12.0 Å². The van der Waals surface area contributed by atoms with Crippen molar-refractivity contribution >= 4 is 5.97 Å². The Hall–Kier alpha value is -2.17. The fraction of sp³-hybridized carbons (Fsp3) is 0.480. The standard InChI is InChI=1S/C25H32O4/c1-5-18(4)25(28)21(11-8-10-16(2)9-6-7-12-22(26)27)19-14-13-17(3)15-20(19)23-24(25)29-23/h5-13,19-21,23-24,28H,14-15H2,1-4H3,(H,26,27)/b9-6+,11-8+,12-7+,16-10-,18-5+/t19-,20-,21+,23+,24+,25-/m0/s1. The Bertz CT molecular complexity index is 826. The van der Waals surface area contributed by atoms with Gasteiger partial charge in [-0.2, -0.15) is 0 Å². The number of carbonyl (C=O) groups is 1. The summed E-state index contributed by atoms with van der Waals surface area (Å²) in [6.45, 7) is 8.13. The van der Waals surface area contributed by atoms with E-state index in [1.807, 2.05) is 45.1 Å². The highest BCUT2D eigenvalue weighted by molar-refractivity contribution is 5.80. The van der Waals surface area contributed by atoms with Crippen molar-refractivity contribution in [1.29, 1.82) is 0 Å². The largest absolute Gasteiger partial charge is 0.478 e. The molecule has 1 saturated carbocycles. The number of ether oxygens (including phenoxy) is 1. The molecule has 0 aromatic rings. The molecular weight excluding hydrogens is 364 g/mol. The molecule has 1 aliphatic heterocycles. The second kappa shape index (κ2) is 8.68. The van der Waals surface area contributed by atoms with Gasteiger partial charge in [0.25, 0.3) is 0 Å². The lowest BCUT2D eigenvalue weighted by Crippen LogP contribution is -2.54. The highest BCUT2D eigenvalue weighted by Gasteiger charge is 2.67. The SMILES string of the molecule is C/C=C(\C)[C@]1(O)[C@H](/C=C/C=C(C)\C=C\C=C\C(=O)O)[C@H]2CC=C(C)C[C@@H]2[C@H]2O[C@H]21. The zero-order valence-electron chi connectivity index (χ0n) is 17.7. The van der Waals surface area contributed by atoms with Crippen molar-refractivity contribution in [3.63, 3.8) is 0 Å². The summed E-state index contributed by atoms with van der Waals surface area (Å²) in [5.74, 6) is -0.132. The Morgan fingerprint density at radius 1 is 1.21 bits per heavy atom. The van der Waals surface area contributed by atoms with Gasteiger partial charge < -0.3 is 14.9 Å². The smallest absolute Gasteiger partial charge is 0.328 e. The van der Waals surface area contributed by atoms with E-state index in [-0.39, 0.29) is 18.1 Å². The lowest BCUT2D eigenvalue weighted by Gasteiger charge is -2.47. The van der Waals surface area contributed by atoms with Gasteiger partial charge in [0.15, 0.2) is 0 Å². The van der Waals surface area contributed by atoms with Gasteiger partial charge in [-0.05, 0) is 57.9 Å². The zero-order valence-corrected chi connectivity index (χ0v) is 17.7. The second-order valence-corrected chi connectivity index (χ2v) is 8.51. The van der Waals surface area contributed by atoms with Gasteiger partial charge in [-0.15, -0.1) is 0 Å². The summed E-state index contributed by atoms with van der Waals surface area (Å²) in [7, 11) is 0. The molecule has 156 valence electrons. The molecule has 4 nitrogen and oxygen atoms in total. The first-order valence-electron chi connectivity index (χ1n) is 10.4. The molecule has 3 aliphatic rings. The average molecular weight is 397 g/mol. The van der Waals surface area contributed by atoms with E-state index in [9.17, 15) is 9.90 Å². The minimum absolute atomic E-state index is 0.00302. The number of hydrogen-bond acceptors (Lipinski definition) is 3. The van der Waals surface area contributed by atoms with Crippen LogP contribution in [0.4, 0.5) is 0 Å². The van der Waals surface area contributed by atoms with Crippen LogP contribution in [0.5, 0.6) is 0 Å². The summed E-state index contributed by atoms with van der Waals surface area (Å²) in [6, 6.07) is 0. The Morgan fingerprint density at radius 2 is 1.93 bits per heavy atom. The van der Waals surface area contributed by atoms with Gasteiger partial charge >= 0.3 is 5.97 Å². The van der Waals surface area contributed by atoms with E-state index in [0.717, 1.165) is 30.1 Å². The van der Waals surface area contributed by atoms with Crippen LogP contribution in [-0.2, 0) is 9.53 Å². The molecule has 2 N–H and O–H groups in total. The third-order valence-electron chi connectivity index (χ3n) is 6.65. The molecule has 0 aromatic carbocycles. The number of hydrogen-bond donors (Lipinski definition) is 2. The van der Waals surface area contributed by atoms with Gasteiger partial charge in [-0.1, -0.05) is 59.8 Å². The van der Waals surface area contributed by atoms with Crippen molar-refractivity contribution in [2.24, 2.45) is 17.8 Å². The third-order valence-corrected chi connectivity index (χ3v) is 6.65. The van der Waals surface area contributed by atoms with Crippen LogP contribution in [0.2, 0.25) is 0 Å². The van der Waals surface area contributed by atoms with Gasteiger partial charge in [0.2, 0.25) is 0 Å². The van der Waals surface area contributed by atoms with E-state index in [4.69, 9.17) is 9.84 Å². The van der Waals surface area contributed by atoms with Crippen molar-refractivity contribution in [2.75, 3.05) is 0 Å². The summed E-state index contributed by atoms with van der Waals surface area (Å²) in [5.41, 5.74) is 2.45. The number of epoxide rings is 1. The molecule has 1 saturated heterocycles. The summed E-state index contributed by atoms with van der Waals surface area (Å²) >= 11 is 0. The molecule has 0 aromatic heterocycles. The maximum atomic E-state index is 11.7. The topological polar surface area (TPSA) is 70.1 Å². The van der Waals surface area contributed by atoms with Crippen LogP contribution < -0.4 is 0 Å². The molecule has 3 rings (SSSR count). The number of aliphatic hydroxyl groups is 1. The maximum absolute atomic E-state index is 11.7. The van der Waals surface area contributed by atoms with Crippen LogP contribution in [0.15, 0.2) is 71.4 Å². The van der Waals surface area contributed by atoms with Crippen molar-refractivity contribution in [2.45, 2.75) is 58.3 Å². The predicted octanol–water partition coefficient (Wildman–Crippen LogP) is 4.75. The highest BCUT2D eigenvalue weighted by Crippen LogP contribution is 2.58. The average Bonchev–Trinajstić information content (AvgIpc) is 3.49. The fourth-order valence-electron chi connectivity index (χ4n) is 4.95. The first-order valence-corrected chi connectivity index (χ1v) is 10.4. The molecule has 29 heavy (non-hydrogen) atoms. The molecule has 0 bridgehead atoms. The molecule has 6 atom stereocenters. The lowest BCUT2D eigenvalue weighted by molar-refractivity contribution is -0.131. The number of fused-ring (bicyclic) bond motifs is 3. The number of rotatable bonds is 6. The third kappa shape index (κ3) is 4.39. The van der Waals surface area contributed by atoms with Crippen LogP contribution in [0.1, 0.15) is 40.5 Å². The lowest BCUT2D eigenvalue weighted by atomic mass is 9.58. The summed E-state index contributed by atoms with van der Waals surface area (Å²) in [5, 5.41) is 20.4. The van der Waals surface area contributed by atoms with Crippen molar-refractivity contribution in [1.82, 2.24) is 0 Å². The van der Waals surface area contributed by atoms with E-state index in [1.54, 1.807) is 6.08 Å². The van der Waals surface area contributed by atoms with Crippen molar-refractivity contribution in [3.05, 3.63) is 71.4 Å². The summed E-state index contributed by atoms with van der Waals surface area (Å²) < 4.78 is 6.04. The molecule has 0 spiro atoms. The normalized spacial score (nSPS) is 37.7. The van der Waals surface area contributed by atoms with E-state index >= 15 is 0 Å². The zero-order chi connectivity index (χ0) is 21.2. The van der Waals surface area contributed by atoms with E-state index in [0.29, 0.717) is 11.8 Å². The fourth-order valence-corrected chi connectivity index (χ4v) is 4.95. The summed E-state index contributed by atoms with van der Waals surface area (Å²) in [6.07, 6.45) is 18.7. The first kappa shape index (κ1) is 21.5. The van der Waals surface area contributed by atoms with Crippen LogP contribution in [0.3, 0.4) is 0 Å². The minimum atomic E-state index is -0.960. The van der Waals surface area contributed by atoms with Gasteiger partial charge in [-0.3, -0.25) is 0 Å². The van der Waals surface area contributed by atoms with Crippen molar-refractivity contribution < 1.29 is 19.7 Å². The number of carboxylic acid groups (broad SMARTS) is 1. The molecule has 0 amide bonds. The number of aliphatic carboxylic acids is 1. The Kier molecular flexibility index (Phi) is 6.45. The monoisotopic (exact) mass is 396 g/mol. The van der Waals surface area contributed by atoms with Gasteiger partial charge in [-0.25, -0.2) is 4.79 Å². The number of allylic oxidation sites excluding steroid dienone is 9. The molecule has 0 radical (unpaired) electrons. The highest BCUT2D eigenvalue weighted by atomic mass is 16.6. The Morgan fingerprint density at radius 3 is 2.62 bits per heavy atom. The molecule has 4 heteroatoms.